The Kier molecular flexibility index (Phi) is 4.93. The van der Waals surface area contributed by atoms with Gasteiger partial charge in [0.2, 0.25) is 0 Å². The van der Waals surface area contributed by atoms with Crippen LogP contribution in [0.25, 0.3) is 0 Å². The summed E-state index contributed by atoms with van der Waals surface area (Å²) in [4.78, 5) is 20.8. The number of nitrogens with one attached hydrogen (secondary N) is 2. The number of carbonyl (C=O) groups excluding carboxylic acids is 1. The summed E-state index contributed by atoms with van der Waals surface area (Å²) < 4.78 is 5.29. The molecule has 0 spiro atoms. The molecule has 0 unspecified atom stereocenters. The molecule has 6 nitrogen and oxygen atoms in total. The third kappa shape index (κ3) is 3.82. The number of carbonyl (C=O) groups is 1. The maximum Gasteiger partial charge on any atom is 0.274 e. The van der Waals surface area contributed by atoms with E-state index in [1.807, 2.05) is 25.1 Å². The molecule has 2 N–H and O–H groups in total. The van der Waals surface area contributed by atoms with Gasteiger partial charge in [-0.05, 0) is 37.5 Å². The number of amides is 1. The van der Waals surface area contributed by atoms with Crippen molar-refractivity contribution in [2.24, 2.45) is 0 Å². The summed E-state index contributed by atoms with van der Waals surface area (Å²) in [6.45, 7) is 1.96. The van der Waals surface area contributed by atoms with E-state index < -0.39 is 0 Å². The lowest BCUT2D eigenvalue weighted by atomic mass is 10.2. The molecule has 0 radical (unpaired) electrons. The second kappa shape index (κ2) is 7.29. The largest absolute Gasteiger partial charge is 0.495 e. The minimum atomic E-state index is -0.282. The van der Waals surface area contributed by atoms with E-state index in [0.717, 1.165) is 18.4 Å². The zero-order chi connectivity index (χ0) is 16.9. The van der Waals surface area contributed by atoms with Crippen molar-refractivity contribution >= 4 is 17.4 Å². The SMILES string of the molecule is COc1ccc(C)cc1NC(=O)c1cc(NC2CCCC2)ncn1. The van der Waals surface area contributed by atoms with Crippen LogP contribution >= 0.6 is 0 Å². The Hall–Kier alpha value is -2.63. The molecule has 3 rings (SSSR count). The second-order valence-electron chi connectivity index (χ2n) is 6.07. The molecule has 24 heavy (non-hydrogen) atoms. The number of hydrogen-bond acceptors (Lipinski definition) is 5. The standard InChI is InChI=1S/C18H22N4O2/c1-12-7-8-16(24-2)14(9-12)22-18(23)15-10-17(20-11-19-15)21-13-5-3-4-6-13/h7-11,13H,3-6H2,1-2H3,(H,22,23)(H,19,20,21). The molecule has 1 amide bonds. The quantitative estimate of drug-likeness (QED) is 0.880. The highest BCUT2D eigenvalue weighted by atomic mass is 16.5. The number of hydrogen-bond donors (Lipinski definition) is 2. The van der Waals surface area contributed by atoms with E-state index >= 15 is 0 Å². The van der Waals surface area contributed by atoms with E-state index in [2.05, 4.69) is 20.6 Å². The van der Waals surface area contributed by atoms with Crippen LogP contribution < -0.4 is 15.4 Å². The number of aromatic nitrogens is 2. The molecule has 1 heterocycles. The summed E-state index contributed by atoms with van der Waals surface area (Å²) in [7, 11) is 1.58. The highest BCUT2D eigenvalue weighted by Crippen LogP contribution is 2.26. The molecule has 126 valence electrons. The van der Waals surface area contributed by atoms with Crippen molar-refractivity contribution in [2.75, 3.05) is 17.7 Å². The lowest BCUT2D eigenvalue weighted by Crippen LogP contribution is -2.18. The van der Waals surface area contributed by atoms with Gasteiger partial charge in [0.1, 0.15) is 23.6 Å². The first-order valence-corrected chi connectivity index (χ1v) is 8.20. The Morgan fingerprint density at radius 2 is 2.00 bits per heavy atom. The number of ether oxygens (including phenoxy) is 1. The van der Waals surface area contributed by atoms with Crippen LogP contribution in [0.15, 0.2) is 30.6 Å². The van der Waals surface area contributed by atoms with Crippen LogP contribution in [0, 0.1) is 6.92 Å². The van der Waals surface area contributed by atoms with Gasteiger partial charge in [-0.3, -0.25) is 4.79 Å². The summed E-state index contributed by atoms with van der Waals surface area (Å²) in [5.41, 5.74) is 2.00. The molecule has 0 saturated heterocycles. The lowest BCUT2D eigenvalue weighted by Gasteiger charge is -2.13. The maximum atomic E-state index is 12.5. The molecule has 1 aromatic heterocycles. The Labute approximate surface area is 141 Å². The Morgan fingerprint density at radius 3 is 2.75 bits per heavy atom. The maximum absolute atomic E-state index is 12.5. The van der Waals surface area contributed by atoms with Crippen molar-refractivity contribution in [1.29, 1.82) is 0 Å². The fraction of sp³-hybridized carbons (Fsp3) is 0.389. The number of anilines is 2. The highest BCUT2D eigenvalue weighted by molar-refractivity contribution is 6.04. The first kappa shape index (κ1) is 16.2. The molecular weight excluding hydrogens is 304 g/mol. The molecule has 1 fully saturated rings. The van der Waals surface area contributed by atoms with Crippen LogP contribution in [0.2, 0.25) is 0 Å². The molecule has 2 aromatic rings. The van der Waals surface area contributed by atoms with Crippen LogP contribution in [0.1, 0.15) is 41.7 Å². The summed E-state index contributed by atoms with van der Waals surface area (Å²) in [5, 5.41) is 6.23. The van der Waals surface area contributed by atoms with Gasteiger partial charge in [-0.2, -0.15) is 0 Å². The molecular formula is C18H22N4O2. The molecule has 0 atom stereocenters. The molecule has 1 aromatic carbocycles. The molecule has 1 aliphatic rings. The van der Waals surface area contributed by atoms with Gasteiger partial charge in [-0.1, -0.05) is 18.9 Å². The summed E-state index contributed by atoms with van der Waals surface area (Å²) in [5.74, 6) is 1.03. The van der Waals surface area contributed by atoms with E-state index in [4.69, 9.17) is 4.74 Å². The zero-order valence-corrected chi connectivity index (χ0v) is 14.0. The Morgan fingerprint density at radius 1 is 1.21 bits per heavy atom. The first-order valence-electron chi connectivity index (χ1n) is 8.20. The average molecular weight is 326 g/mol. The molecule has 1 aliphatic carbocycles. The normalized spacial score (nSPS) is 14.4. The topological polar surface area (TPSA) is 76.1 Å². The van der Waals surface area contributed by atoms with E-state index in [1.165, 1.54) is 19.2 Å². The number of benzene rings is 1. The zero-order valence-electron chi connectivity index (χ0n) is 14.0. The van der Waals surface area contributed by atoms with Crippen molar-refractivity contribution in [3.8, 4) is 5.75 Å². The fourth-order valence-electron chi connectivity index (χ4n) is 2.95. The predicted octanol–water partition coefficient (Wildman–Crippen LogP) is 3.40. The van der Waals surface area contributed by atoms with E-state index in [1.54, 1.807) is 13.2 Å². The van der Waals surface area contributed by atoms with Crippen molar-refractivity contribution in [3.63, 3.8) is 0 Å². The summed E-state index contributed by atoms with van der Waals surface area (Å²) in [6, 6.07) is 7.76. The smallest absolute Gasteiger partial charge is 0.274 e. The van der Waals surface area contributed by atoms with Crippen LogP contribution in [-0.2, 0) is 0 Å². The van der Waals surface area contributed by atoms with Gasteiger partial charge < -0.3 is 15.4 Å². The van der Waals surface area contributed by atoms with Gasteiger partial charge in [0.25, 0.3) is 5.91 Å². The number of aryl methyl sites for hydroxylation is 1. The predicted molar refractivity (Wildman–Crippen MR) is 93.6 cm³/mol. The number of methoxy groups -OCH3 is 1. The average Bonchev–Trinajstić information content (AvgIpc) is 3.08. The van der Waals surface area contributed by atoms with Crippen molar-refractivity contribution < 1.29 is 9.53 Å². The van der Waals surface area contributed by atoms with E-state index in [9.17, 15) is 4.79 Å². The third-order valence-corrected chi connectivity index (χ3v) is 4.21. The Balaban J connectivity index is 1.74. The van der Waals surface area contributed by atoms with Crippen LogP contribution in [0.5, 0.6) is 5.75 Å². The van der Waals surface area contributed by atoms with Gasteiger partial charge in [0.05, 0.1) is 12.8 Å². The summed E-state index contributed by atoms with van der Waals surface area (Å²) >= 11 is 0. The van der Waals surface area contributed by atoms with Gasteiger partial charge in [0, 0.05) is 12.1 Å². The Bertz CT molecular complexity index is 727. The van der Waals surface area contributed by atoms with Crippen LogP contribution in [0.4, 0.5) is 11.5 Å². The van der Waals surface area contributed by atoms with Crippen molar-refractivity contribution in [3.05, 3.63) is 41.9 Å². The lowest BCUT2D eigenvalue weighted by molar-refractivity contribution is 0.102. The minimum absolute atomic E-state index is 0.282. The van der Waals surface area contributed by atoms with Gasteiger partial charge in [0.15, 0.2) is 0 Å². The first-order chi connectivity index (χ1) is 11.7. The highest BCUT2D eigenvalue weighted by Gasteiger charge is 2.17. The van der Waals surface area contributed by atoms with Crippen LogP contribution in [-0.4, -0.2) is 29.0 Å². The van der Waals surface area contributed by atoms with Gasteiger partial charge in [-0.15, -0.1) is 0 Å². The molecule has 1 saturated carbocycles. The van der Waals surface area contributed by atoms with Gasteiger partial charge >= 0.3 is 0 Å². The number of rotatable bonds is 5. The van der Waals surface area contributed by atoms with Crippen LogP contribution in [0.3, 0.4) is 0 Å². The second-order valence-corrected chi connectivity index (χ2v) is 6.07. The molecule has 0 bridgehead atoms. The fourth-order valence-corrected chi connectivity index (χ4v) is 2.95. The van der Waals surface area contributed by atoms with E-state index in [0.29, 0.717) is 29.0 Å². The molecule has 0 aliphatic heterocycles. The third-order valence-electron chi connectivity index (χ3n) is 4.21. The van der Waals surface area contributed by atoms with E-state index in [-0.39, 0.29) is 5.91 Å². The number of nitrogens with zero attached hydrogens (tertiary/aromatic N) is 2. The van der Waals surface area contributed by atoms with Crippen molar-refractivity contribution in [2.45, 2.75) is 38.6 Å². The van der Waals surface area contributed by atoms with Crippen molar-refractivity contribution in [1.82, 2.24) is 9.97 Å². The molecule has 6 heteroatoms. The van der Waals surface area contributed by atoms with Gasteiger partial charge in [-0.25, -0.2) is 9.97 Å². The summed E-state index contributed by atoms with van der Waals surface area (Å²) in [6.07, 6.45) is 6.18. The minimum Gasteiger partial charge on any atom is -0.495 e. The monoisotopic (exact) mass is 326 g/mol.